The highest BCUT2D eigenvalue weighted by molar-refractivity contribution is 14.0. The molecule has 0 aromatic heterocycles. The van der Waals surface area contributed by atoms with Crippen LogP contribution in [0.1, 0.15) is 24.8 Å². The molecular formula is C17H25IN4O2. The highest BCUT2D eigenvalue weighted by Crippen LogP contribution is 2.11. The molecule has 24 heavy (non-hydrogen) atoms. The lowest BCUT2D eigenvalue weighted by atomic mass is 10.1. The summed E-state index contributed by atoms with van der Waals surface area (Å²) in [5, 5.41) is 3.21. The fourth-order valence-electron chi connectivity index (χ4n) is 2.65. The fourth-order valence-corrected chi connectivity index (χ4v) is 2.65. The van der Waals surface area contributed by atoms with Crippen molar-refractivity contribution in [1.29, 1.82) is 0 Å². The SMILES string of the molecule is CN=C(NCCN1C(=O)CCCC1=O)N(C)Cc1ccccc1.I. The van der Waals surface area contributed by atoms with Crippen LogP contribution in [0.3, 0.4) is 0 Å². The van der Waals surface area contributed by atoms with Crippen LogP contribution in [0.2, 0.25) is 0 Å². The summed E-state index contributed by atoms with van der Waals surface area (Å²) in [6, 6.07) is 10.1. The summed E-state index contributed by atoms with van der Waals surface area (Å²) in [4.78, 5) is 31.1. The minimum atomic E-state index is -0.0734. The predicted octanol–water partition coefficient (Wildman–Crippen LogP) is 1.85. The number of imide groups is 1. The van der Waals surface area contributed by atoms with E-state index in [1.54, 1.807) is 7.05 Å². The average Bonchev–Trinajstić information content (AvgIpc) is 2.54. The number of likely N-dealkylation sites (tertiary alicyclic amines) is 1. The maximum Gasteiger partial charge on any atom is 0.229 e. The molecule has 1 heterocycles. The van der Waals surface area contributed by atoms with E-state index in [1.165, 1.54) is 10.5 Å². The molecule has 0 radical (unpaired) electrons. The first-order valence-corrected chi connectivity index (χ1v) is 7.90. The molecule has 6 nitrogen and oxygen atoms in total. The third-order valence-corrected chi connectivity index (χ3v) is 3.84. The van der Waals surface area contributed by atoms with Crippen molar-refractivity contribution in [3.05, 3.63) is 35.9 Å². The topological polar surface area (TPSA) is 65.0 Å². The van der Waals surface area contributed by atoms with Gasteiger partial charge in [-0.05, 0) is 12.0 Å². The van der Waals surface area contributed by atoms with Gasteiger partial charge in [-0.1, -0.05) is 30.3 Å². The number of piperidine rings is 1. The van der Waals surface area contributed by atoms with E-state index >= 15 is 0 Å². The lowest BCUT2D eigenvalue weighted by molar-refractivity contribution is -0.147. The zero-order valence-electron chi connectivity index (χ0n) is 14.2. The summed E-state index contributed by atoms with van der Waals surface area (Å²) in [5.74, 6) is 0.595. The van der Waals surface area contributed by atoms with Crippen LogP contribution in [-0.2, 0) is 16.1 Å². The first kappa shape index (κ1) is 20.4. The van der Waals surface area contributed by atoms with Gasteiger partial charge in [-0.3, -0.25) is 19.5 Å². The van der Waals surface area contributed by atoms with E-state index in [2.05, 4.69) is 22.4 Å². The van der Waals surface area contributed by atoms with Crippen LogP contribution in [0, 0.1) is 0 Å². The van der Waals surface area contributed by atoms with Crippen LogP contribution in [-0.4, -0.2) is 54.8 Å². The normalized spacial score (nSPS) is 15.1. The van der Waals surface area contributed by atoms with Gasteiger partial charge in [0.15, 0.2) is 5.96 Å². The van der Waals surface area contributed by atoms with Crippen LogP contribution in [0.4, 0.5) is 0 Å². The van der Waals surface area contributed by atoms with Crippen LogP contribution in [0.25, 0.3) is 0 Å². The molecule has 1 N–H and O–H groups in total. The molecule has 7 heteroatoms. The van der Waals surface area contributed by atoms with E-state index in [0.717, 1.165) is 12.5 Å². The number of nitrogens with one attached hydrogen (secondary N) is 1. The summed E-state index contributed by atoms with van der Waals surface area (Å²) in [7, 11) is 3.68. The Hall–Kier alpha value is -1.64. The largest absolute Gasteiger partial charge is 0.354 e. The van der Waals surface area contributed by atoms with E-state index in [9.17, 15) is 9.59 Å². The standard InChI is InChI=1S/C17H24N4O2.HI/c1-18-17(20(2)13-14-7-4-3-5-8-14)19-11-12-21-15(22)9-6-10-16(21)23;/h3-5,7-8H,6,9-13H2,1-2H3,(H,18,19);1H. The number of aliphatic imine (C=N–C) groups is 1. The minimum absolute atomic E-state index is 0. The summed E-state index contributed by atoms with van der Waals surface area (Å²) in [6.45, 7) is 1.63. The molecule has 0 spiro atoms. The number of halogens is 1. The molecule has 1 aromatic carbocycles. The molecule has 0 unspecified atom stereocenters. The third kappa shape index (κ3) is 5.77. The smallest absolute Gasteiger partial charge is 0.229 e. The van der Waals surface area contributed by atoms with Crippen molar-refractivity contribution < 1.29 is 9.59 Å². The molecule has 0 bridgehead atoms. The highest BCUT2D eigenvalue weighted by Gasteiger charge is 2.25. The third-order valence-electron chi connectivity index (χ3n) is 3.84. The zero-order chi connectivity index (χ0) is 16.7. The number of nitrogens with zero attached hydrogens (tertiary/aromatic N) is 3. The molecule has 1 saturated heterocycles. The van der Waals surface area contributed by atoms with Crippen molar-refractivity contribution in [2.24, 2.45) is 4.99 Å². The Kier molecular flexibility index (Phi) is 8.73. The maximum atomic E-state index is 11.8. The second-order valence-electron chi connectivity index (χ2n) is 5.61. The second-order valence-corrected chi connectivity index (χ2v) is 5.61. The van der Waals surface area contributed by atoms with Crippen LogP contribution >= 0.6 is 24.0 Å². The minimum Gasteiger partial charge on any atom is -0.354 e. The monoisotopic (exact) mass is 444 g/mol. The molecule has 0 aliphatic carbocycles. The molecular weight excluding hydrogens is 419 g/mol. The molecule has 0 atom stereocenters. The van der Waals surface area contributed by atoms with Gasteiger partial charge in [-0.25, -0.2) is 0 Å². The number of guanidine groups is 1. The first-order chi connectivity index (χ1) is 11.1. The van der Waals surface area contributed by atoms with Gasteiger partial charge >= 0.3 is 0 Å². The number of benzene rings is 1. The number of hydrogen-bond donors (Lipinski definition) is 1. The molecule has 2 amide bonds. The van der Waals surface area contributed by atoms with Gasteiger partial charge in [0.25, 0.3) is 0 Å². The Morgan fingerprint density at radius 1 is 1.21 bits per heavy atom. The van der Waals surface area contributed by atoms with Gasteiger partial charge < -0.3 is 10.2 Å². The lowest BCUT2D eigenvalue weighted by Gasteiger charge is -2.26. The summed E-state index contributed by atoms with van der Waals surface area (Å²) >= 11 is 0. The molecule has 1 fully saturated rings. The van der Waals surface area contributed by atoms with Crippen molar-refractivity contribution >= 4 is 41.8 Å². The van der Waals surface area contributed by atoms with Crippen molar-refractivity contribution in [2.75, 3.05) is 27.2 Å². The Morgan fingerprint density at radius 2 is 1.83 bits per heavy atom. The molecule has 1 aliphatic rings. The van der Waals surface area contributed by atoms with Crippen LogP contribution in [0.5, 0.6) is 0 Å². The summed E-state index contributed by atoms with van der Waals surface area (Å²) in [5.41, 5.74) is 1.19. The van der Waals surface area contributed by atoms with Gasteiger partial charge in [0.2, 0.25) is 11.8 Å². The fraction of sp³-hybridized carbons (Fsp3) is 0.471. The summed E-state index contributed by atoms with van der Waals surface area (Å²) < 4.78 is 0. The van der Waals surface area contributed by atoms with E-state index in [1.807, 2.05) is 30.1 Å². The van der Waals surface area contributed by atoms with Crippen LogP contribution in [0.15, 0.2) is 35.3 Å². The van der Waals surface area contributed by atoms with Gasteiger partial charge in [0, 0.05) is 46.6 Å². The lowest BCUT2D eigenvalue weighted by Crippen LogP contribution is -2.46. The Labute approximate surface area is 160 Å². The first-order valence-electron chi connectivity index (χ1n) is 7.90. The Bertz CT molecular complexity index is 561. The van der Waals surface area contributed by atoms with E-state index < -0.39 is 0 Å². The second kappa shape index (κ2) is 10.3. The molecule has 1 aromatic rings. The van der Waals surface area contributed by atoms with Gasteiger partial charge in [0.05, 0.1) is 0 Å². The summed E-state index contributed by atoms with van der Waals surface area (Å²) in [6.07, 6.45) is 1.60. The Balaban J connectivity index is 0.00000288. The van der Waals surface area contributed by atoms with E-state index in [0.29, 0.717) is 32.4 Å². The number of rotatable bonds is 5. The van der Waals surface area contributed by atoms with Gasteiger partial charge in [0.1, 0.15) is 0 Å². The van der Waals surface area contributed by atoms with E-state index in [4.69, 9.17) is 0 Å². The zero-order valence-corrected chi connectivity index (χ0v) is 16.5. The number of hydrogen-bond acceptors (Lipinski definition) is 3. The number of carbonyl (C=O) groups excluding carboxylic acids is 2. The van der Waals surface area contributed by atoms with Crippen molar-refractivity contribution in [3.63, 3.8) is 0 Å². The molecule has 132 valence electrons. The quantitative estimate of drug-likeness (QED) is 0.326. The van der Waals surface area contributed by atoms with Gasteiger partial charge in [-0.15, -0.1) is 24.0 Å². The predicted molar refractivity (Wildman–Crippen MR) is 105 cm³/mol. The maximum absolute atomic E-state index is 11.8. The molecule has 2 rings (SSSR count). The Morgan fingerprint density at radius 3 is 2.42 bits per heavy atom. The molecule has 0 saturated carbocycles. The number of amides is 2. The number of carbonyl (C=O) groups is 2. The van der Waals surface area contributed by atoms with Gasteiger partial charge in [-0.2, -0.15) is 0 Å². The average molecular weight is 444 g/mol. The van der Waals surface area contributed by atoms with Crippen molar-refractivity contribution in [1.82, 2.24) is 15.1 Å². The highest BCUT2D eigenvalue weighted by atomic mass is 127. The van der Waals surface area contributed by atoms with Crippen molar-refractivity contribution in [3.8, 4) is 0 Å². The van der Waals surface area contributed by atoms with E-state index in [-0.39, 0.29) is 35.8 Å². The van der Waals surface area contributed by atoms with Crippen LogP contribution < -0.4 is 5.32 Å². The van der Waals surface area contributed by atoms with Crippen molar-refractivity contribution in [2.45, 2.75) is 25.8 Å². The molecule has 1 aliphatic heterocycles.